The van der Waals surface area contributed by atoms with Gasteiger partial charge in [0.1, 0.15) is 0 Å². The van der Waals surface area contributed by atoms with E-state index in [1.807, 2.05) is 48.5 Å². The zero-order valence-corrected chi connectivity index (χ0v) is 15.6. The summed E-state index contributed by atoms with van der Waals surface area (Å²) in [6, 6.07) is 26.8. The van der Waals surface area contributed by atoms with Crippen molar-refractivity contribution in [2.75, 3.05) is 0 Å². The molecule has 0 aliphatic carbocycles. The fourth-order valence-corrected chi connectivity index (χ4v) is 3.31. The van der Waals surface area contributed by atoms with Crippen molar-refractivity contribution in [2.24, 2.45) is 0 Å². The predicted octanol–water partition coefficient (Wildman–Crippen LogP) is 5.31. The molecule has 2 heteroatoms. The van der Waals surface area contributed by atoms with E-state index in [0.717, 1.165) is 25.7 Å². The van der Waals surface area contributed by atoms with E-state index in [-0.39, 0.29) is 0 Å². The molecule has 27 heavy (non-hydrogen) atoms. The second kappa shape index (κ2) is 8.84. The summed E-state index contributed by atoms with van der Waals surface area (Å²) in [5.74, 6) is 0. The molecule has 0 saturated carbocycles. The molecule has 0 radical (unpaired) electrons. The largest absolute Gasteiger partial charge is 0.192 e. The second-order valence-electron chi connectivity index (χ2n) is 6.94. The van der Waals surface area contributed by atoms with Crippen molar-refractivity contribution in [1.29, 1.82) is 10.5 Å². The summed E-state index contributed by atoms with van der Waals surface area (Å²) < 4.78 is 0. The Labute approximate surface area is 161 Å². The molecule has 3 aromatic rings. The summed E-state index contributed by atoms with van der Waals surface area (Å²) in [6.07, 6.45) is 3.95. The third kappa shape index (κ3) is 5.30. The van der Waals surface area contributed by atoms with Gasteiger partial charge < -0.3 is 0 Å². The fourth-order valence-electron chi connectivity index (χ4n) is 3.31. The lowest BCUT2D eigenvalue weighted by Crippen LogP contribution is -1.97. The monoisotopic (exact) mass is 350 g/mol. The second-order valence-corrected chi connectivity index (χ2v) is 6.94. The average Bonchev–Trinajstić information content (AvgIpc) is 2.71. The van der Waals surface area contributed by atoms with Gasteiger partial charge in [-0.1, -0.05) is 48.0 Å². The van der Waals surface area contributed by atoms with E-state index < -0.39 is 0 Å². The number of nitrogens with zero attached hydrogens (tertiary/aromatic N) is 2. The lowest BCUT2D eigenvalue weighted by Gasteiger charge is -2.09. The highest BCUT2D eigenvalue weighted by molar-refractivity contribution is 5.35. The van der Waals surface area contributed by atoms with Gasteiger partial charge in [-0.3, -0.25) is 0 Å². The van der Waals surface area contributed by atoms with Gasteiger partial charge in [0.15, 0.2) is 0 Å². The van der Waals surface area contributed by atoms with Crippen molar-refractivity contribution in [3.63, 3.8) is 0 Å². The molecule has 0 aromatic heterocycles. The molecule has 0 saturated heterocycles. The number of benzene rings is 3. The molecule has 0 N–H and O–H groups in total. The molecule has 0 heterocycles. The van der Waals surface area contributed by atoms with Gasteiger partial charge >= 0.3 is 0 Å². The highest BCUT2D eigenvalue weighted by Crippen LogP contribution is 2.16. The van der Waals surface area contributed by atoms with Crippen LogP contribution in [-0.4, -0.2) is 0 Å². The van der Waals surface area contributed by atoms with Crippen molar-refractivity contribution in [2.45, 2.75) is 32.6 Å². The lowest BCUT2D eigenvalue weighted by molar-refractivity contribution is 0.926. The van der Waals surface area contributed by atoms with Crippen LogP contribution in [0.15, 0.2) is 66.7 Å². The Kier molecular flexibility index (Phi) is 6.03. The lowest BCUT2D eigenvalue weighted by atomic mass is 9.97. The smallest absolute Gasteiger partial charge is 0.0991 e. The summed E-state index contributed by atoms with van der Waals surface area (Å²) in [5, 5.41) is 17.8. The number of rotatable bonds is 6. The van der Waals surface area contributed by atoms with E-state index in [1.165, 1.54) is 27.8 Å². The number of aryl methyl sites for hydroxylation is 5. The molecular formula is C25H22N2. The molecule has 0 spiro atoms. The van der Waals surface area contributed by atoms with E-state index >= 15 is 0 Å². The van der Waals surface area contributed by atoms with E-state index in [2.05, 4.69) is 37.3 Å². The highest BCUT2D eigenvalue weighted by atomic mass is 14.2. The van der Waals surface area contributed by atoms with Crippen LogP contribution in [-0.2, 0) is 25.7 Å². The molecule has 0 amide bonds. The van der Waals surface area contributed by atoms with Crippen LogP contribution in [0.4, 0.5) is 0 Å². The maximum absolute atomic E-state index is 8.89. The van der Waals surface area contributed by atoms with Gasteiger partial charge in [-0.05, 0) is 79.1 Å². The Morgan fingerprint density at radius 2 is 0.926 bits per heavy atom. The van der Waals surface area contributed by atoms with Gasteiger partial charge in [-0.25, -0.2) is 0 Å². The van der Waals surface area contributed by atoms with E-state index in [9.17, 15) is 0 Å². The van der Waals surface area contributed by atoms with Crippen LogP contribution in [0.2, 0.25) is 0 Å². The molecule has 0 fully saturated rings. The fraction of sp³-hybridized carbons (Fsp3) is 0.200. The minimum Gasteiger partial charge on any atom is -0.192 e. The van der Waals surface area contributed by atoms with Crippen LogP contribution >= 0.6 is 0 Å². The topological polar surface area (TPSA) is 47.6 Å². The normalized spacial score (nSPS) is 10.2. The number of hydrogen-bond acceptors (Lipinski definition) is 2. The van der Waals surface area contributed by atoms with E-state index in [0.29, 0.717) is 11.1 Å². The molecule has 2 nitrogen and oxygen atoms in total. The molecule has 0 aliphatic rings. The molecule has 132 valence electrons. The molecular weight excluding hydrogens is 328 g/mol. The summed E-state index contributed by atoms with van der Waals surface area (Å²) in [5.41, 5.74) is 7.94. The van der Waals surface area contributed by atoms with Gasteiger partial charge in [-0.2, -0.15) is 10.5 Å². The zero-order chi connectivity index (χ0) is 19.1. The highest BCUT2D eigenvalue weighted by Gasteiger charge is 2.03. The molecule has 0 bridgehead atoms. The third-order valence-corrected chi connectivity index (χ3v) is 4.77. The van der Waals surface area contributed by atoms with Crippen molar-refractivity contribution >= 4 is 0 Å². The van der Waals surface area contributed by atoms with Crippen LogP contribution in [0.5, 0.6) is 0 Å². The van der Waals surface area contributed by atoms with Crippen molar-refractivity contribution in [3.8, 4) is 12.1 Å². The SMILES string of the molecule is Cc1cc(CCc2ccc(C#N)cc2)cc(CCc2ccc(C#N)cc2)c1. The van der Waals surface area contributed by atoms with Crippen molar-refractivity contribution in [1.82, 2.24) is 0 Å². The third-order valence-electron chi connectivity index (χ3n) is 4.77. The summed E-state index contributed by atoms with van der Waals surface area (Å²) >= 11 is 0. The average molecular weight is 350 g/mol. The van der Waals surface area contributed by atoms with Gasteiger partial charge in [0.2, 0.25) is 0 Å². The zero-order valence-electron chi connectivity index (χ0n) is 15.6. The standard InChI is InChI=1S/C25H22N2/c1-19-14-24(12-6-20-2-8-22(17-26)9-3-20)16-25(15-19)13-7-21-4-10-23(18-27)11-5-21/h2-5,8-11,14-16H,6-7,12-13H2,1H3. The molecule has 0 unspecified atom stereocenters. The van der Waals surface area contributed by atoms with Gasteiger partial charge in [0.05, 0.1) is 23.3 Å². The summed E-state index contributed by atoms with van der Waals surface area (Å²) in [6.45, 7) is 2.15. The Balaban J connectivity index is 1.62. The van der Waals surface area contributed by atoms with Crippen molar-refractivity contribution < 1.29 is 0 Å². The Hall–Kier alpha value is -3.36. The summed E-state index contributed by atoms with van der Waals surface area (Å²) in [4.78, 5) is 0. The van der Waals surface area contributed by atoms with Crippen LogP contribution in [0.25, 0.3) is 0 Å². The first-order valence-corrected chi connectivity index (χ1v) is 9.24. The minimum absolute atomic E-state index is 0.708. The van der Waals surface area contributed by atoms with Crippen LogP contribution in [0, 0.1) is 29.6 Å². The first-order valence-electron chi connectivity index (χ1n) is 9.24. The van der Waals surface area contributed by atoms with Gasteiger partial charge in [0.25, 0.3) is 0 Å². The Morgan fingerprint density at radius 1 is 0.556 bits per heavy atom. The number of nitriles is 2. The van der Waals surface area contributed by atoms with E-state index in [4.69, 9.17) is 10.5 Å². The van der Waals surface area contributed by atoms with Crippen LogP contribution in [0.3, 0.4) is 0 Å². The van der Waals surface area contributed by atoms with E-state index in [1.54, 1.807) is 0 Å². The minimum atomic E-state index is 0.708. The van der Waals surface area contributed by atoms with Gasteiger partial charge in [0, 0.05) is 0 Å². The van der Waals surface area contributed by atoms with Crippen LogP contribution in [0.1, 0.15) is 38.9 Å². The summed E-state index contributed by atoms with van der Waals surface area (Å²) in [7, 11) is 0. The van der Waals surface area contributed by atoms with Crippen LogP contribution < -0.4 is 0 Å². The first-order chi connectivity index (χ1) is 13.2. The maximum Gasteiger partial charge on any atom is 0.0991 e. The molecule has 3 rings (SSSR count). The Morgan fingerprint density at radius 3 is 1.30 bits per heavy atom. The predicted molar refractivity (Wildman–Crippen MR) is 108 cm³/mol. The molecule has 3 aromatic carbocycles. The molecule has 0 atom stereocenters. The van der Waals surface area contributed by atoms with Crippen molar-refractivity contribution in [3.05, 3.63) is 106 Å². The Bertz CT molecular complexity index is 905. The van der Waals surface area contributed by atoms with Gasteiger partial charge in [-0.15, -0.1) is 0 Å². The first kappa shape index (κ1) is 18.4. The maximum atomic E-state index is 8.89. The molecule has 0 aliphatic heterocycles. The quantitative estimate of drug-likeness (QED) is 0.605. The number of hydrogen-bond donors (Lipinski definition) is 0.